The molecule has 0 bridgehead atoms. The van der Waals surface area contributed by atoms with Gasteiger partial charge in [-0.25, -0.2) is 0 Å². The topological polar surface area (TPSA) is 18.5 Å². The molecule has 0 spiro atoms. The van der Waals surface area contributed by atoms with Crippen molar-refractivity contribution in [3.05, 3.63) is 0 Å². The van der Waals surface area contributed by atoms with E-state index in [0.717, 1.165) is 38.8 Å². The van der Waals surface area contributed by atoms with Gasteiger partial charge in [-0.1, -0.05) is 59.8 Å². The molecule has 0 saturated carbocycles. The summed E-state index contributed by atoms with van der Waals surface area (Å²) >= 11 is 0. The van der Waals surface area contributed by atoms with Crippen molar-refractivity contribution in [1.29, 1.82) is 0 Å². The first kappa shape index (κ1) is 19.9. The second-order valence-electron chi connectivity index (χ2n) is 6.17. The largest absolute Gasteiger partial charge is 0.381 e. The minimum absolute atomic E-state index is 0.703. The lowest BCUT2D eigenvalue weighted by atomic mass is 10.0. The predicted octanol–water partition coefficient (Wildman–Crippen LogP) is 5.45. The second kappa shape index (κ2) is 15.3. The Morgan fingerprint density at radius 3 is 1.95 bits per heavy atom. The lowest BCUT2D eigenvalue weighted by molar-refractivity contribution is 0.0534. The summed E-state index contributed by atoms with van der Waals surface area (Å²) in [7, 11) is 0. The Kier molecular flexibility index (Phi) is 15.3. The van der Waals surface area contributed by atoms with Gasteiger partial charge in [0, 0.05) is 26.4 Å². The zero-order chi connectivity index (χ0) is 15.1. The molecule has 122 valence electrons. The second-order valence-corrected chi connectivity index (χ2v) is 6.17. The van der Waals surface area contributed by atoms with Crippen LogP contribution in [0.5, 0.6) is 0 Å². The number of hydrogen-bond acceptors (Lipinski definition) is 2. The van der Waals surface area contributed by atoms with Crippen LogP contribution in [-0.4, -0.2) is 26.4 Å². The van der Waals surface area contributed by atoms with Crippen LogP contribution in [0.25, 0.3) is 0 Å². The first-order valence-electron chi connectivity index (χ1n) is 8.89. The van der Waals surface area contributed by atoms with E-state index in [1.165, 1.54) is 44.9 Å². The quantitative estimate of drug-likeness (QED) is 0.373. The summed E-state index contributed by atoms with van der Waals surface area (Å²) in [5.74, 6) is 1.46. The van der Waals surface area contributed by atoms with Gasteiger partial charge in [0.1, 0.15) is 0 Å². The summed E-state index contributed by atoms with van der Waals surface area (Å²) in [6.07, 6.45) is 10.1. The molecule has 0 aromatic carbocycles. The molecule has 0 aromatic rings. The molecule has 20 heavy (non-hydrogen) atoms. The van der Waals surface area contributed by atoms with Crippen LogP contribution in [-0.2, 0) is 9.47 Å². The molecule has 0 N–H and O–H groups in total. The average Bonchev–Trinajstić information content (AvgIpc) is 2.47. The van der Waals surface area contributed by atoms with Crippen molar-refractivity contribution < 1.29 is 9.47 Å². The van der Waals surface area contributed by atoms with Gasteiger partial charge in [0.2, 0.25) is 0 Å². The predicted molar refractivity (Wildman–Crippen MR) is 88.3 cm³/mol. The number of unbranched alkanes of at least 4 members (excludes halogenated alkanes) is 2. The van der Waals surface area contributed by atoms with E-state index in [1.54, 1.807) is 0 Å². The Balaban J connectivity index is 3.30. The summed E-state index contributed by atoms with van der Waals surface area (Å²) < 4.78 is 11.5. The van der Waals surface area contributed by atoms with E-state index in [-0.39, 0.29) is 0 Å². The van der Waals surface area contributed by atoms with Crippen LogP contribution in [0.1, 0.15) is 79.1 Å². The smallest absolute Gasteiger partial charge is 0.0494 e. The fourth-order valence-corrected chi connectivity index (χ4v) is 2.33. The van der Waals surface area contributed by atoms with E-state index >= 15 is 0 Å². The van der Waals surface area contributed by atoms with Crippen molar-refractivity contribution in [3.8, 4) is 0 Å². The van der Waals surface area contributed by atoms with Crippen molar-refractivity contribution in [2.75, 3.05) is 26.4 Å². The molecule has 0 aliphatic rings. The van der Waals surface area contributed by atoms with Gasteiger partial charge in [-0.3, -0.25) is 0 Å². The van der Waals surface area contributed by atoms with E-state index in [0.29, 0.717) is 5.92 Å². The van der Waals surface area contributed by atoms with Crippen molar-refractivity contribution in [2.24, 2.45) is 11.8 Å². The average molecular weight is 286 g/mol. The molecule has 0 fully saturated rings. The normalized spacial score (nSPS) is 14.4. The van der Waals surface area contributed by atoms with Crippen molar-refractivity contribution in [3.63, 3.8) is 0 Å². The van der Waals surface area contributed by atoms with E-state index < -0.39 is 0 Å². The highest BCUT2D eigenvalue weighted by Crippen LogP contribution is 2.13. The number of ether oxygens (including phenoxy) is 2. The third kappa shape index (κ3) is 12.9. The van der Waals surface area contributed by atoms with Gasteiger partial charge in [0.15, 0.2) is 0 Å². The summed E-state index contributed by atoms with van der Waals surface area (Å²) in [6.45, 7) is 12.6. The molecule has 0 heterocycles. The van der Waals surface area contributed by atoms with Crippen LogP contribution in [0, 0.1) is 11.8 Å². The monoisotopic (exact) mass is 286 g/mol. The van der Waals surface area contributed by atoms with Gasteiger partial charge in [-0.15, -0.1) is 0 Å². The van der Waals surface area contributed by atoms with Gasteiger partial charge in [-0.2, -0.15) is 0 Å². The molecular weight excluding hydrogens is 248 g/mol. The summed E-state index contributed by atoms with van der Waals surface area (Å²) in [5.41, 5.74) is 0. The van der Waals surface area contributed by atoms with Gasteiger partial charge < -0.3 is 9.47 Å². The number of hydrogen-bond donors (Lipinski definition) is 0. The van der Waals surface area contributed by atoms with Crippen molar-refractivity contribution in [1.82, 2.24) is 0 Å². The molecule has 2 heteroatoms. The molecule has 0 amide bonds. The summed E-state index contributed by atoms with van der Waals surface area (Å²) in [5, 5.41) is 0. The third-order valence-corrected chi connectivity index (χ3v) is 3.93. The molecule has 0 saturated heterocycles. The standard InChI is InChI=1S/C18H38O2/c1-5-8-11-17(4)15-19-13-10-14-20-16-18(7-3)12-9-6-2/h17-18H,5-16H2,1-4H3. The fraction of sp³-hybridized carbons (Fsp3) is 1.00. The van der Waals surface area contributed by atoms with E-state index in [4.69, 9.17) is 9.47 Å². The Morgan fingerprint density at radius 2 is 1.35 bits per heavy atom. The Bertz CT molecular complexity index is 182. The van der Waals surface area contributed by atoms with Crippen LogP contribution in [0.4, 0.5) is 0 Å². The third-order valence-electron chi connectivity index (χ3n) is 3.93. The highest BCUT2D eigenvalue weighted by atomic mass is 16.5. The maximum absolute atomic E-state index is 5.78. The lowest BCUT2D eigenvalue weighted by Crippen LogP contribution is -2.12. The summed E-state index contributed by atoms with van der Waals surface area (Å²) in [6, 6.07) is 0. The van der Waals surface area contributed by atoms with Crippen LogP contribution in [0.3, 0.4) is 0 Å². The zero-order valence-corrected chi connectivity index (χ0v) is 14.5. The van der Waals surface area contributed by atoms with E-state index in [1.807, 2.05) is 0 Å². The van der Waals surface area contributed by atoms with Gasteiger partial charge in [-0.05, 0) is 31.1 Å². The molecule has 0 aromatic heterocycles. The van der Waals surface area contributed by atoms with Crippen molar-refractivity contribution >= 4 is 0 Å². The van der Waals surface area contributed by atoms with E-state index in [9.17, 15) is 0 Å². The zero-order valence-electron chi connectivity index (χ0n) is 14.5. The molecule has 2 atom stereocenters. The van der Waals surface area contributed by atoms with Gasteiger partial charge in [0.05, 0.1) is 0 Å². The first-order valence-corrected chi connectivity index (χ1v) is 8.89. The molecule has 0 radical (unpaired) electrons. The van der Waals surface area contributed by atoms with Crippen LogP contribution < -0.4 is 0 Å². The van der Waals surface area contributed by atoms with Crippen molar-refractivity contribution in [2.45, 2.75) is 79.1 Å². The Hall–Kier alpha value is -0.0800. The minimum atomic E-state index is 0.703. The lowest BCUT2D eigenvalue weighted by Gasteiger charge is -2.15. The minimum Gasteiger partial charge on any atom is -0.381 e. The highest BCUT2D eigenvalue weighted by Gasteiger charge is 2.05. The van der Waals surface area contributed by atoms with Gasteiger partial charge >= 0.3 is 0 Å². The van der Waals surface area contributed by atoms with Crippen LogP contribution in [0.2, 0.25) is 0 Å². The van der Waals surface area contributed by atoms with E-state index in [2.05, 4.69) is 27.7 Å². The van der Waals surface area contributed by atoms with Crippen LogP contribution in [0.15, 0.2) is 0 Å². The molecular formula is C18H38O2. The van der Waals surface area contributed by atoms with Gasteiger partial charge in [0.25, 0.3) is 0 Å². The maximum atomic E-state index is 5.78. The summed E-state index contributed by atoms with van der Waals surface area (Å²) in [4.78, 5) is 0. The number of rotatable bonds is 15. The highest BCUT2D eigenvalue weighted by molar-refractivity contribution is 4.56. The maximum Gasteiger partial charge on any atom is 0.0494 e. The molecule has 2 unspecified atom stereocenters. The first-order chi connectivity index (χ1) is 9.74. The van der Waals surface area contributed by atoms with Crippen LogP contribution >= 0.6 is 0 Å². The molecule has 0 aliphatic heterocycles. The molecule has 0 aliphatic carbocycles. The fourth-order valence-electron chi connectivity index (χ4n) is 2.33. The Labute approximate surface area is 127 Å². The Morgan fingerprint density at radius 1 is 0.750 bits per heavy atom. The molecule has 2 nitrogen and oxygen atoms in total. The SMILES string of the molecule is CCCCC(C)COCCCOCC(CC)CCCC. The molecule has 0 rings (SSSR count).